The molecule has 0 aliphatic carbocycles. The number of rotatable bonds is 2. The third-order valence-electron chi connectivity index (χ3n) is 2.59. The number of carboxylic acids is 1. The minimum absolute atomic E-state index is 0.316. The fourth-order valence-corrected chi connectivity index (χ4v) is 2.62. The first-order chi connectivity index (χ1) is 8.75. The Morgan fingerprint density at radius 3 is 3.22 bits per heavy atom. The summed E-state index contributed by atoms with van der Waals surface area (Å²) in [4.78, 5) is 21.3. The number of anilines is 1. The van der Waals surface area contributed by atoms with Crippen LogP contribution in [0.25, 0.3) is 11.1 Å². The van der Waals surface area contributed by atoms with Gasteiger partial charge >= 0.3 is 5.97 Å². The molecule has 0 bridgehead atoms. The molecule has 0 amide bonds. The molecule has 92 valence electrons. The van der Waals surface area contributed by atoms with E-state index < -0.39 is 5.97 Å². The molecule has 0 atom stereocenters. The van der Waals surface area contributed by atoms with Crippen LogP contribution in [0.4, 0.5) is 5.82 Å². The summed E-state index contributed by atoms with van der Waals surface area (Å²) in [5.41, 5.74) is 0.503. The normalized spacial score (nSPS) is 15.8. The molecule has 0 spiro atoms. The number of thioether (sulfide) groups is 1. The van der Waals surface area contributed by atoms with Crippen molar-refractivity contribution in [1.29, 1.82) is 0 Å². The minimum Gasteiger partial charge on any atom is -0.477 e. The van der Waals surface area contributed by atoms with Crippen LogP contribution in [0.3, 0.4) is 0 Å². The van der Waals surface area contributed by atoms with E-state index in [4.69, 9.17) is 9.52 Å². The molecule has 2 aromatic heterocycles. The van der Waals surface area contributed by atoms with Crippen LogP contribution in [-0.4, -0.2) is 33.3 Å². The second kappa shape index (κ2) is 4.34. The van der Waals surface area contributed by atoms with Gasteiger partial charge in [-0.1, -0.05) is 0 Å². The molecule has 2 aromatic rings. The maximum absolute atomic E-state index is 11.0. The molecule has 1 aliphatic rings. The number of furan rings is 1. The molecular weight excluding hydrogens is 254 g/mol. The number of fused-ring (bicyclic) bond motifs is 1. The van der Waals surface area contributed by atoms with E-state index in [1.54, 1.807) is 18.5 Å². The lowest BCUT2D eigenvalue weighted by atomic mass is 10.3. The second-order valence-corrected chi connectivity index (χ2v) is 4.81. The summed E-state index contributed by atoms with van der Waals surface area (Å²) in [6.45, 7) is 0.707. The average Bonchev–Trinajstić information content (AvgIpc) is 2.87. The largest absolute Gasteiger partial charge is 0.477 e. The first kappa shape index (κ1) is 11.1. The van der Waals surface area contributed by atoms with E-state index in [-0.39, 0.29) is 0 Å². The molecule has 0 unspecified atom stereocenters. The van der Waals surface area contributed by atoms with E-state index in [9.17, 15) is 4.79 Å². The van der Waals surface area contributed by atoms with Gasteiger partial charge in [-0.3, -0.25) is 0 Å². The number of nitrogens with zero attached hydrogens (tertiary/aromatic N) is 3. The van der Waals surface area contributed by atoms with Crippen molar-refractivity contribution in [2.45, 2.75) is 0 Å². The number of carbonyl (C=O) groups is 1. The van der Waals surface area contributed by atoms with Gasteiger partial charge in [0.05, 0.1) is 11.6 Å². The molecule has 0 fully saturated rings. The van der Waals surface area contributed by atoms with Gasteiger partial charge in [0.2, 0.25) is 5.71 Å². The van der Waals surface area contributed by atoms with Crippen molar-refractivity contribution in [2.24, 2.45) is 0 Å². The molecule has 6 nitrogen and oxygen atoms in total. The number of aromatic nitrogens is 2. The van der Waals surface area contributed by atoms with Gasteiger partial charge in [-0.05, 0) is 6.07 Å². The fraction of sp³-hybridized carbons (Fsp3) is 0.182. The van der Waals surface area contributed by atoms with Crippen molar-refractivity contribution >= 4 is 34.6 Å². The van der Waals surface area contributed by atoms with Crippen LogP contribution in [0.15, 0.2) is 34.2 Å². The van der Waals surface area contributed by atoms with Crippen molar-refractivity contribution in [3.63, 3.8) is 0 Å². The SMILES string of the molecule is O=C(O)C1=CN(c2ncnc3occc23)CCS1. The van der Waals surface area contributed by atoms with Crippen LogP contribution in [0, 0.1) is 0 Å². The van der Waals surface area contributed by atoms with E-state index in [0.717, 1.165) is 5.39 Å². The van der Waals surface area contributed by atoms with Gasteiger partial charge in [0.1, 0.15) is 17.1 Å². The highest BCUT2D eigenvalue weighted by molar-refractivity contribution is 8.04. The van der Waals surface area contributed by atoms with Crippen molar-refractivity contribution in [3.05, 3.63) is 29.8 Å². The van der Waals surface area contributed by atoms with Crippen molar-refractivity contribution < 1.29 is 14.3 Å². The van der Waals surface area contributed by atoms with E-state index in [2.05, 4.69) is 9.97 Å². The smallest absolute Gasteiger partial charge is 0.343 e. The Morgan fingerprint density at radius 2 is 2.39 bits per heavy atom. The standard InChI is InChI=1S/C11H9N3O3S/c15-11(16)8-5-14(2-4-18-8)9-7-1-3-17-10(7)13-6-12-9/h1,3,5-6H,2,4H2,(H,15,16). The van der Waals surface area contributed by atoms with E-state index in [0.29, 0.717) is 28.7 Å². The van der Waals surface area contributed by atoms with E-state index in [1.165, 1.54) is 18.1 Å². The third kappa shape index (κ3) is 1.82. The van der Waals surface area contributed by atoms with Crippen LogP contribution >= 0.6 is 11.8 Å². The Balaban J connectivity index is 2.06. The zero-order valence-corrected chi connectivity index (χ0v) is 10.1. The molecule has 0 radical (unpaired) electrons. The molecule has 1 aliphatic heterocycles. The lowest BCUT2D eigenvalue weighted by Crippen LogP contribution is -2.26. The Kier molecular flexibility index (Phi) is 2.67. The maximum atomic E-state index is 11.0. The molecule has 1 N–H and O–H groups in total. The van der Waals surface area contributed by atoms with Gasteiger partial charge in [0.15, 0.2) is 0 Å². The summed E-state index contributed by atoms with van der Waals surface area (Å²) < 4.78 is 5.20. The monoisotopic (exact) mass is 263 g/mol. The van der Waals surface area contributed by atoms with Crippen molar-refractivity contribution in [3.8, 4) is 0 Å². The highest BCUT2D eigenvalue weighted by Crippen LogP contribution is 2.29. The summed E-state index contributed by atoms with van der Waals surface area (Å²) >= 11 is 1.33. The van der Waals surface area contributed by atoms with Gasteiger partial charge in [-0.25, -0.2) is 14.8 Å². The van der Waals surface area contributed by atoms with Gasteiger partial charge in [0.25, 0.3) is 0 Å². The lowest BCUT2D eigenvalue weighted by molar-refractivity contribution is -0.131. The Bertz CT molecular complexity index is 637. The highest BCUT2D eigenvalue weighted by atomic mass is 32.2. The zero-order valence-electron chi connectivity index (χ0n) is 9.24. The number of hydrogen-bond donors (Lipinski definition) is 1. The van der Waals surface area contributed by atoms with E-state index >= 15 is 0 Å². The molecule has 0 saturated carbocycles. The van der Waals surface area contributed by atoms with Gasteiger partial charge in [-0.2, -0.15) is 0 Å². The topological polar surface area (TPSA) is 79.5 Å². The van der Waals surface area contributed by atoms with E-state index in [1.807, 2.05) is 4.90 Å². The second-order valence-electron chi connectivity index (χ2n) is 3.68. The molecule has 7 heteroatoms. The number of carboxylic acid groups (broad SMARTS) is 1. The van der Waals surface area contributed by atoms with Gasteiger partial charge in [0, 0.05) is 18.5 Å². The van der Waals surface area contributed by atoms with Crippen LogP contribution in [0.1, 0.15) is 0 Å². The van der Waals surface area contributed by atoms with Crippen LogP contribution in [0.2, 0.25) is 0 Å². The summed E-state index contributed by atoms with van der Waals surface area (Å²) in [5.74, 6) is 0.469. The zero-order chi connectivity index (χ0) is 12.5. The van der Waals surface area contributed by atoms with Gasteiger partial charge in [-0.15, -0.1) is 11.8 Å². The first-order valence-corrected chi connectivity index (χ1v) is 6.27. The molecular formula is C11H9N3O3S. The third-order valence-corrected chi connectivity index (χ3v) is 3.56. The number of aliphatic carboxylic acids is 1. The van der Waals surface area contributed by atoms with Gasteiger partial charge < -0.3 is 14.4 Å². The molecule has 3 rings (SSSR count). The van der Waals surface area contributed by atoms with Crippen LogP contribution in [0.5, 0.6) is 0 Å². The highest BCUT2D eigenvalue weighted by Gasteiger charge is 2.20. The molecule has 0 saturated heterocycles. The Hall–Kier alpha value is -2.02. The van der Waals surface area contributed by atoms with Crippen LogP contribution < -0.4 is 4.90 Å². The predicted molar refractivity (Wildman–Crippen MR) is 67.3 cm³/mol. The Labute approximate surface area is 106 Å². The fourth-order valence-electron chi connectivity index (χ4n) is 1.79. The predicted octanol–water partition coefficient (Wildman–Crippen LogP) is 1.70. The average molecular weight is 263 g/mol. The van der Waals surface area contributed by atoms with Crippen molar-refractivity contribution in [2.75, 3.05) is 17.2 Å². The summed E-state index contributed by atoms with van der Waals surface area (Å²) in [7, 11) is 0. The quantitative estimate of drug-likeness (QED) is 0.883. The Morgan fingerprint density at radius 1 is 1.50 bits per heavy atom. The molecule has 0 aromatic carbocycles. The summed E-state index contributed by atoms with van der Waals surface area (Å²) in [6, 6.07) is 1.78. The molecule has 18 heavy (non-hydrogen) atoms. The number of hydrogen-bond acceptors (Lipinski definition) is 6. The maximum Gasteiger partial charge on any atom is 0.343 e. The first-order valence-electron chi connectivity index (χ1n) is 5.28. The summed E-state index contributed by atoms with van der Waals surface area (Å²) in [6.07, 6.45) is 4.56. The van der Waals surface area contributed by atoms with Crippen molar-refractivity contribution in [1.82, 2.24) is 9.97 Å². The molecule has 3 heterocycles. The minimum atomic E-state index is -0.915. The van der Waals surface area contributed by atoms with Crippen LogP contribution in [-0.2, 0) is 4.79 Å². The lowest BCUT2D eigenvalue weighted by Gasteiger charge is -2.24. The summed E-state index contributed by atoms with van der Waals surface area (Å²) in [5, 5.41) is 9.79.